The molecule has 2 aromatic carbocycles. The van der Waals surface area contributed by atoms with Gasteiger partial charge < -0.3 is 0 Å². The van der Waals surface area contributed by atoms with Gasteiger partial charge in [0.15, 0.2) is 0 Å². The summed E-state index contributed by atoms with van der Waals surface area (Å²) in [5, 5.41) is 8.53. The molecule has 92 valence electrons. The van der Waals surface area contributed by atoms with Gasteiger partial charge in [-0.15, -0.1) is 0 Å². The number of hydrogen-bond acceptors (Lipinski definition) is 2. The summed E-state index contributed by atoms with van der Waals surface area (Å²) >= 11 is -0.671. The van der Waals surface area contributed by atoms with Crippen LogP contribution in [0, 0.1) is 13.8 Å². The van der Waals surface area contributed by atoms with Gasteiger partial charge in [-0.05, 0) is 0 Å². The molecule has 0 aromatic heterocycles. The van der Waals surface area contributed by atoms with Gasteiger partial charge in [-0.3, -0.25) is 0 Å². The summed E-state index contributed by atoms with van der Waals surface area (Å²) in [4.78, 5) is 0. The van der Waals surface area contributed by atoms with Gasteiger partial charge in [0.2, 0.25) is 0 Å². The van der Waals surface area contributed by atoms with Crippen molar-refractivity contribution in [2.75, 3.05) is 0 Å². The predicted molar refractivity (Wildman–Crippen MR) is 77.8 cm³/mol. The van der Waals surface area contributed by atoms with Gasteiger partial charge in [-0.2, -0.15) is 0 Å². The second kappa shape index (κ2) is 6.33. The first-order valence-corrected chi connectivity index (χ1v) is 9.68. The monoisotopic (exact) mass is 374 g/mol. The van der Waals surface area contributed by atoms with Gasteiger partial charge in [-0.25, -0.2) is 0 Å². The van der Waals surface area contributed by atoms with Crippen LogP contribution in [0.5, 0.6) is 0 Å². The van der Waals surface area contributed by atoms with Crippen LogP contribution in [-0.4, -0.2) is 19.8 Å². The van der Waals surface area contributed by atoms with Crippen LogP contribution in [0.1, 0.15) is 11.1 Å². The van der Waals surface area contributed by atoms with E-state index in [1.54, 1.807) is 0 Å². The Bertz CT molecular complexity index is 565. The summed E-state index contributed by atoms with van der Waals surface area (Å²) in [5.74, 6) is 0. The predicted octanol–water partition coefficient (Wildman–Crippen LogP) is 4.20. The van der Waals surface area contributed by atoms with Crippen molar-refractivity contribution in [1.29, 1.82) is 0 Å². The molecule has 18 heavy (non-hydrogen) atoms. The van der Waals surface area contributed by atoms with E-state index in [4.69, 9.17) is 8.96 Å². The summed E-state index contributed by atoms with van der Waals surface area (Å²) in [6, 6.07) is 14.1. The third-order valence-corrected chi connectivity index (χ3v) is 5.03. The Morgan fingerprint density at radius 2 is 1.56 bits per heavy atom. The molecular weight excluding hydrogens is 359 g/mol. The van der Waals surface area contributed by atoms with Gasteiger partial charge in [0.1, 0.15) is 0 Å². The van der Waals surface area contributed by atoms with E-state index in [-0.39, 0.29) is 0 Å². The van der Waals surface area contributed by atoms with Crippen molar-refractivity contribution in [2.45, 2.75) is 13.8 Å². The standard InChI is InChI=1S/C14H13ClN2Te/c1-10-3-6-12(7-4-10)16-17-13-8-5-11(2)9-14(13)18-15/h3-9H,1-2H3. The molecule has 0 saturated heterocycles. The van der Waals surface area contributed by atoms with Crippen molar-refractivity contribution in [3.63, 3.8) is 0 Å². The Morgan fingerprint density at radius 3 is 2.22 bits per heavy atom. The molecule has 0 heterocycles. The first kappa shape index (κ1) is 13.5. The molecule has 0 spiro atoms. The van der Waals surface area contributed by atoms with Crippen molar-refractivity contribution in [1.82, 2.24) is 0 Å². The summed E-state index contributed by atoms with van der Waals surface area (Å²) < 4.78 is 1.14. The van der Waals surface area contributed by atoms with Crippen molar-refractivity contribution < 1.29 is 0 Å². The average molecular weight is 372 g/mol. The zero-order valence-electron chi connectivity index (χ0n) is 10.2. The van der Waals surface area contributed by atoms with E-state index in [2.05, 4.69) is 30.1 Å². The van der Waals surface area contributed by atoms with E-state index in [0.717, 1.165) is 15.0 Å². The van der Waals surface area contributed by atoms with E-state index < -0.39 is 19.8 Å². The van der Waals surface area contributed by atoms with E-state index >= 15 is 0 Å². The molecule has 0 aliphatic heterocycles. The number of benzene rings is 2. The molecule has 0 saturated carbocycles. The van der Waals surface area contributed by atoms with Gasteiger partial charge in [0, 0.05) is 0 Å². The second-order valence-corrected chi connectivity index (χ2v) is 6.81. The zero-order valence-corrected chi connectivity index (χ0v) is 13.3. The fraction of sp³-hybridized carbons (Fsp3) is 0.143. The molecule has 0 radical (unpaired) electrons. The second-order valence-electron chi connectivity index (χ2n) is 4.08. The number of azo groups is 1. The molecule has 2 aromatic rings. The Morgan fingerprint density at radius 1 is 0.889 bits per heavy atom. The van der Waals surface area contributed by atoms with Crippen molar-refractivity contribution in [3.8, 4) is 0 Å². The molecule has 2 nitrogen and oxygen atoms in total. The first-order valence-electron chi connectivity index (χ1n) is 5.57. The number of nitrogens with zero attached hydrogens (tertiary/aromatic N) is 2. The molecule has 0 atom stereocenters. The first-order chi connectivity index (χ1) is 8.69. The molecule has 0 aliphatic rings. The van der Waals surface area contributed by atoms with Gasteiger partial charge in [0.05, 0.1) is 0 Å². The van der Waals surface area contributed by atoms with E-state index in [1.807, 2.05) is 36.4 Å². The van der Waals surface area contributed by atoms with Crippen LogP contribution >= 0.6 is 8.96 Å². The Kier molecular flexibility index (Phi) is 4.77. The minimum absolute atomic E-state index is 0.671. The molecule has 0 aliphatic carbocycles. The van der Waals surface area contributed by atoms with Gasteiger partial charge in [0.25, 0.3) is 0 Å². The maximum absolute atomic E-state index is 6.03. The van der Waals surface area contributed by atoms with Crippen LogP contribution in [0.15, 0.2) is 52.7 Å². The molecule has 0 fully saturated rings. The quantitative estimate of drug-likeness (QED) is 0.570. The Hall–Kier alpha value is -0.880. The molecule has 0 amide bonds. The summed E-state index contributed by atoms with van der Waals surface area (Å²) in [6.07, 6.45) is 0. The number of halogens is 1. The molecule has 2 rings (SSSR count). The van der Waals surface area contributed by atoms with E-state index in [1.165, 1.54) is 11.1 Å². The maximum atomic E-state index is 6.03. The third kappa shape index (κ3) is 3.55. The molecular formula is C14H13ClN2Te. The third-order valence-electron chi connectivity index (χ3n) is 2.51. The van der Waals surface area contributed by atoms with Gasteiger partial charge >= 0.3 is 121 Å². The van der Waals surface area contributed by atoms with Crippen LogP contribution in [0.25, 0.3) is 0 Å². The normalized spacial score (nSPS) is 11.1. The van der Waals surface area contributed by atoms with Crippen molar-refractivity contribution in [3.05, 3.63) is 53.6 Å². The van der Waals surface area contributed by atoms with Crippen LogP contribution in [0.4, 0.5) is 11.4 Å². The number of hydrogen-bond donors (Lipinski definition) is 0. The summed E-state index contributed by atoms with van der Waals surface area (Å²) in [6.45, 7) is 4.11. The van der Waals surface area contributed by atoms with Crippen molar-refractivity contribution >= 4 is 43.8 Å². The molecule has 0 bridgehead atoms. The number of rotatable bonds is 3. The van der Waals surface area contributed by atoms with Crippen LogP contribution in [-0.2, 0) is 0 Å². The Labute approximate surface area is 121 Å². The van der Waals surface area contributed by atoms with Crippen molar-refractivity contribution in [2.24, 2.45) is 10.2 Å². The van der Waals surface area contributed by atoms with E-state index in [0.29, 0.717) is 0 Å². The summed E-state index contributed by atoms with van der Waals surface area (Å²) in [7, 11) is 6.03. The average Bonchev–Trinajstić information content (AvgIpc) is 2.39. The van der Waals surface area contributed by atoms with Gasteiger partial charge in [-0.1, -0.05) is 0 Å². The van der Waals surface area contributed by atoms with Crippen LogP contribution in [0.3, 0.4) is 0 Å². The summed E-state index contributed by atoms with van der Waals surface area (Å²) in [5.41, 5.74) is 4.18. The molecule has 0 unspecified atom stereocenters. The van der Waals surface area contributed by atoms with Crippen LogP contribution in [0.2, 0.25) is 0 Å². The topological polar surface area (TPSA) is 24.7 Å². The SMILES string of the molecule is Cc1ccc(N=Nc2ccc(C)cc2[Te]Cl)cc1. The Balaban J connectivity index is 2.25. The van der Waals surface area contributed by atoms with Crippen LogP contribution < -0.4 is 3.61 Å². The van der Waals surface area contributed by atoms with E-state index in [9.17, 15) is 0 Å². The molecule has 4 heteroatoms. The zero-order chi connectivity index (χ0) is 13.0. The number of aryl methyl sites for hydroxylation is 2. The fourth-order valence-electron chi connectivity index (χ4n) is 1.49. The fourth-order valence-corrected chi connectivity index (χ4v) is 3.51. The molecule has 0 N–H and O–H groups in total. The minimum atomic E-state index is -0.671.